The van der Waals surface area contributed by atoms with E-state index in [-0.39, 0.29) is 4.83 Å². The summed E-state index contributed by atoms with van der Waals surface area (Å²) < 4.78 is 11.7. The Morgan fingerprint density at radius 3 is 2.24 bits per heavy atom. The number of hydrogen-bond acceptors (Lipinski definition) is 2. The average molecular weight is 502 g/mol. The highest BCUT2D eigenvalue weighted by molar-refractivity contribution is 14.1. The summed E-state index contributed by atoms with van der Waals surface area (Å²) in [4.78, 5) is -0.0876. The fraction of sp³-hybridized carbons (Fsp3) is 0.200. The Bertz CT molecular complexity index is 664. The number of ether oxygens (including phenoxy) is 2. The molecule has 0 heterocycles. The Morgan fingerprint density at radius 2 is 1.62 bits per heavy atom. The van der Waals surface area contributed by atoms with Gasteiger partial charge in [0, 0.05) is 19.7 Å². The van der Waals surface area contributed by atoms with E-state index in [1.54, 1.807) is 20.3 Å². The molecule has 0 bridgehead atoms. The first-order valence-corrected chi connectivity index (χ1v) is 8.73. The van der Waals surface area contributed by atoms with E-state index in [1.807, 2.05) is 24.3 Å². The van der Waals surface area contributed by atoms with Gasteiger partial charge in [-0.1, -0.05) is 39.1 Å². The van der Waals surface area contributed by atoms with Crippen LogP contribution >= 0.6 is 61.7 Å². The average Bonchev–Trinajstić information content (AvgIpc) is 2.48. The molecule has 0 aliphatic heterocycles. The molecule has 0 spiro atoms. The van der Waals surface area contributed by atoms with Crippen molar-refractivity contribution in [3.05, 3.63) is 55.1 Å². The zero-order chi connectivity index (χ0) is 15.6. The van der Waals surface area contributed by atoms with E-state index in [9.17, 15) is 0 Å². The summed E-state index contributed by atoms with van der Waals surface area (Å²) in [6.45, 7) is 0. The summed E-state index contributed by atoms with van der Waals surface area (Å²) in [6, 6.07) is 9.39. The van der Waals surface area contributed by atoms with Crippen LogP contribution in [0.25, 0.3) is 0 Å². The van der Waals surface area contributed by atoms with Crippen molar-refractivity contribution >= 4 is 61.7 Å². The van der Waals surface area contributed by atoms with Crippen molar-refractivity contribution in [3.63, 3.8) is 0 Å². The third kappa shape index (κ3) is 3.78. The van der Waals surface area contributed by atoms with Gasteiger partial charge in [0.05, 0.1) is 19.0 Å². The predicted molar refractivity (Wildman–Crippen MR) is 99.5 cm³/mol. The van der Waals surface area contributed by atoms with Gasteiger partial charge in [0.2, 0.25) is 0 Å². The Hall–Kier alpha value is -0.170. The molecule has 0 amide bonds. The normalized spacial score (nSPS) is 12.1. The van der Waals surface area contributed by atoms with Crippen molar-refractivity contribution in [2.75, 3.05) is 14.2 Å². The van der Waals surface area contributed by atoms with Crippen molar-refractivity contribution in [2.45, 2.75) is 4.83 Å². The zero-order valence-corrected chi connectivity index (χ0v) is 16.5. The first-order valence-electron chi connectivity index (χ1n) is 5.98. The van der Waals surface area contributed by atoms with Crippen LogP contribution in [0.5, 0.6) is 11.5 Å². The largest absolute Gasteiger partial charge is 0.493 e. The molecule has 0 N–H and O–H groups in total. The van der Waals surface area contributed by atoms with E-state index in [0.29, 0.717) is 21.5 Å². The minimum absolute atomic E-state index is 0.0876. The van der Waals surface area contributed by atoms with E-state index in [2.05, 4.69) is 38.5 Å². The number of rotatable bonds is 4. The molecule has 0 fully saturated rings. The van der Waals surface area contributed by atoms with Crippen LogP contribution in [0.2, 0.25) is 10.0 Å². The maximum atomic E-state index is 6.37. The summed E-state index contributed by atoms with van der Waals surface area (Å²) in [5.74, 6) is 1.24. The van der Waals surface area contributed by atoms with Gasteiger partial charge >= 0.3 is 0 Å². The fourth-order valence-corrected chi connectivity index (χ4v) is 4.35. The highest BCUT2D eigenvalue weighted by Crippen LogP contribution is 2.42. The number of alkyl halides is 1. The van der Waals surface area contributed by atoms with Gasteiger partial charge in [0.15, 0.2) is 11.5 Å². The van der Waals surface area contributed by atoms with E-state index in [1.165, 1.54) is 0 Å². The Morgan fingerprint density at radius 1 is 1.00 bits per heavy atom. The Kier molecular flexibility index (Phi) is 6.05. The molecule has 0 aliphatic rings. The van der Waals surface area contributed by atoms with E-state index in [0.717, 1.165) is 14.7 Å². The molecule has 6 heteroatoms. The van der Waals surface area contributed by atoms with Crippen LogP contribution in [0.1, 0.15) is 16.0 Å². The third-order valence-corrected chi connectivity index (χ3v) is 5.54. The summed E-state index contributed by atoms with van der Waals surface area (Å²) >= 11 is 18.4. The van der Waals surface area contributed by atoms with Gasteiger partial charge in [-0.2, -0.15) is 0 Å². The zero-order valence-electron chi connectivity index (χ0n) is 11.3. The van der Waals surface area contributed by atoms with Crippen molar-refractivity contribution in [1.29, 1.82) is 0 Å². The Labute approximate surface area is 156 Å². The maximum absolute atomic E-state index is 6.37. The number of halogens is 4. The van der Waals surface area contributed by atoms with E-state index < -0.39 is 0 Å². The molecule has 2 nitrogen and oxygen atoms in total. The molecule has 2 aromatic rings. The van der Waals surface area contributed by atoms with Gasteiger partial charge in [0.25, 0.3) is 0 Å². The monoisotopic (exact) mass is 500 g/mol. The van der Waals surface area contributed by atoms with Gasteiger partial charge in [-0.05, 0) is 58.0 Å². The highest BCUT2D eigenvalue weighted by atomic mass is 127. The number of methoxy groups -OCH3 is 2. The van der Waals surface area contributed by atoms with Gasteiger partial charge in [-0.3, -0.25) is 0 Å². The fourth-order valence-electron chi connectivity index (χ4n) is 1.94. The molecule has 2 aromatic carbocycles. The quantitative estimate of drug-likeness (QED) is 0.372. The van der Waals surface area contributed by atoms with Crippen molar-refractivity contribution in [1.82, 2.24) is 0 Å². The molecule has 0 aromatic heterocycles. The lowest BCUT2D eigenvalue weighted by molar-refractivity contribution is 0.354. The summed E-state index contributed by atoms with van der Waals surface area (Å²) in [5.41, 5.74) is 1.95. The standard InChI is InChI=1S/C15H12BrCl2IO2/c1-20-13-6-9(11(18)7-14(13)21-2)15(16)10-5-8(17)3-4-12(10)19/h3-7,15H,1-2H3. The SMILES string of the molecule is COc1cc(Cl)c(C(Br)c2cc(Cl)ccc2I)cc1OC. The summed E-state index contributed by atoms with van der Waals surface area (Å²) in [7, 11) is 3.18. The van der Waals surface area contributed by atoms with Gasteiger partial charge in [-0.15, -0.1) is 0 Å². The molecule has 0 saturated carbocycles. The predicted octanol–water partition coefficient (Wildman–Crippen LogP) is 6.10. The minimum Gasteiger partial charge on any atom is -0.493 e. The van der Waals surface area contributed by atoms with Gasteiger partial charge < -0.3 is 9.47 Å². The lowest BCUT2D eigenvalue weighted by Crippen LogP contribution is -1.99. The topological polar surface area (TPSA) is 18.5 Å². The van der Waals surface area contributed by atoms with E-state index >= 15 is 0 Å². The molecule has 0 radical (unpaired) electrons. The highest BCUT2D eigenvalue weighted by Gasteiger charge is 2.20. The molecular formula is C15H12BrCl2IO2. The lowest BCUT2D eigenvalue weighted by atomic mass is 10.0. The van der Waals surface area contributed by atoms with Crippen molar-refractivity contribution in [3.8, 4) is 11.5 Å². The van der Waals surface area contributed by atoms with Crippen molar-refractivity contribution < 1.29 is 9.47 Å². The molecule has 1 atom stereocenters. The number of hydrogen-bond donors (Lipinski definition) is 0. The van der Waals surface area contributed by atoms with Crippen LogP contribution in [0.3, 0.4) is 0 Å². The second-order valence-electron chi connectivity index (χ2n) is 4.26. The Balaban J connectivity index is 2.52. The second kappa shape index (κ2) is 7.40. The smallest absolute Gasteiger partial charge is 0.162 e. The first-order chi connectivity index (χ1) is 9.97. The summed E-state index contributed by atoms with van der Waals surface area (Å²) in [5, 5.41) is 1.29. The molecule has 2 rings (SSSR count). The first kappa shape index (κ1) is 17.2. The van der Waals surface area contributed by atoms with Crippen LogP contribution in [0.4, 0.5) is 0 Å². The molecular weight excluding hydrogens is 490 g/mol. The lowest BCUT2D eigenvalue weighted by Gasteiger charge is -2.17. The summed E-state index contributed by atoms with van der Waals surface area (Å²) in [6.07, 6.45) is 0. The molecule has 112 valence electrons. The van der Waals surface area contributed by atoms with Crippen LogP contribution in [0, 0.1) is 3.57 Å². The number of benzene rings is 2. The van der Waals surface area contributed by atoms with E-state index in [4.69, 9.17) is 32.7 Å². The van der Waals surface area contributed by atoms with Gasteiger partial charge in [0.1, 0.15) is 0 Å². The van der Waals surface area contributed by atoms with Crippen LogP contribution in [-0.2, 0) is 0 Å². The minimum atomic E-state index is -0.0876. The molecule has 0 aliphatic carbocycles. The van der Waals surface area contributed by atoms with Crippen LogP contribution in [-0.4, -0.2) is 14.2 Å². The van der Waals surface area contributed by atoms with Crippen LogP contribution in [0.15, 0.2) is 30.3 Å². The van der Waals surface area contributed by atoms with Crippen LogP contribution < -0.4 is 9.47 Å². The molecule has 21 heavy (non-hydrogen) atoms. The van der Waals surface area contributed by atoms with Gasteiger partial charge in [-0.25, -0.2) is 0 Å². The molecule has 0 saturated heterocycles. The van der Waals surface area contributed by atoms with Crippen molar-refractivity contribution in [2.24, 2.45) is 0 Å². The molecule has 1 unspecified atom stereocenters. The third-order valence-electron chi connectivity index (χ3n) is 3.01. The maximum Gasteiger partial charge on any atom is 0.162 e. The second-order valence-corrected chi connectivity index (χ2v) is 7.18.